The molecule has 0 unspecified atom stereocenters. The number of rotatable bonds is 5. The Bertz CT molecular complexity index is 556. The number of piperazine rings is 1. The molecule has 24 heavy (non-hydrogen) atoms. The van der Waals surface area contributed by atoms with Gasteiger partial charge in [0.15, 0.2) is 6.54 Å². The SMILES string of the molecule is CC[C@@H](C)NC(=O)NC(=O)C[NH+]1CCN(c2ccc(F)cc2)CC1. The van der Waals surface area contributed by atoms with E-state index < -0.39 is 6.03 Å². The lowest BCUT2D eigenvalue weighted by Crippen LogP contribution is -3.16. The second kappa shape index (κ2) is 8.63. The minimum atomic E-state index is -0.432. The lowest BCUT2D eigenvalue weighted by Gasteiger charge is -2.33. The largest absolute Gasteiger partial charge is 0.360 e. The number of anilines is 1. The molecule has 3 N–H and O–H groups in total. The van der Waals surface area contributed by atoms with Crippen molar-refractivity contribution in [2.75, 3.05) is 37.6 Å². The monoisotopic (exact) mass is 337 g/mol. The third-order valence-electron chi connectivity index (χ3n) is 4.32. The van der Waals surface area contributed by atoms with Gasteiger partial charge in [-0.2, -0.15) is 0 Å². The van der Waals surface area contributed by atoms with Gasteiger partial charge in [-0.1, -0.05) is 6.92 Å². The highest BCUT2D eigenvalue weighted by Crippen LogP contribution is 2.14. The van der Waals surface area contributed by atoms with Crippen LogP contribution >= 0.6 is 0 Å². The highest BCUT2D eigenvalue weighted by molar-refractivity contribution is 5.94. The Morgan fingerprint density at radius 2 is 1.88 bits per heavy atom. The quantitative estimate of drug-likeness (QED) is 0.717. The molecule has 0 radical (unpaired) electrons. The zero-order valence-electron chi connectivity index (χ0n) is 14.3. The van der Waals surface area contributed by atoms with Crippen molar-refractivity contribution in [3.8, 4) is 0 Å². The highest BCUT2D eigenvalue weighted by Gasteiger charge is 2.23. The molecule has 7 heteroatoms. The van der Waals surface area contributed by atoms with Gasteiger partial charge in [0.05, 0.1) is 26.2 Å². The van der Waals surface area contributed by atoms with Gasteiger partial charge >= 0.3 is 6.03 Å². The summed E-state index contributed by atoms with van der Waals surface area (Å²) in [5, 5.41) is 5.09. The number of urea groups is 1. The normalized spacial score (nSPS) is 16.5. The molecule has 1 aliphatic heterocycles. The maximum absolute atomic E-state index is 13.0. The average molecular weight is 337 g/mol. The topological polar surface area (TPSA) is 65.9 Å². The summed E-state index contributed by atoms with van der Waals surface area (Å²) in [4.78, 5) is 26.9. The van der Waals surface area contributed by atoms with Crippen LogP contribution in [-0.4, -0.2) is 50.7 Å². The number of nitrogens with one attached hydrogen (secondary N) is 3. The molecule has 1 atom stereocenters. The Hall–Kier alpha value is -2.15. The fourth-order valence-corrected chi connectivity index (χ4v) is 2.67. The number of nitrogens with zero attached hydrogens (tertiary/aromatic N) is 1. The molecular formula is C17H26FN4O2+. The number of carbonyl (C=O) groups excluding carboxylic acids is 2. The predicted molar refractivity (Wildman–Crippen MR) is 90.6 cm³/mol. The molecule has 0 aliphatic carbocycles. The van der Waals surface area contributed by atoms with Gasteiger partial charge in [-0.3, -0.25) is 10.1 Å². The van der Waals surface area contributed by atoms with Crippen LogP contribution in [0, 0.1) is 5.82 Å². The van der Waals surface area contributed by atoms with E-state index in [0.717, 1.165) is 43.2 Å². The maximum atomic E-state index is 13.0. The van der Waals surface area contributed by atoms with E-state index in [0.29, 0.717) is 0 Å². The Morgan fingerprint density at radius 3 is 2.46 bits per heavy atom. The zero-order chi connectivity index (χ0) is 17.5. The van der Waals surface area contributed by atoms with Crippen molar-refractivity contribution >= 4 is 17.6 Å². The molecule has 1 aromatic rings. The Kier molecular flexibility index (Phi) is 6.54. The Balaban J connectivity index is 1.73. The van der Waals surface area contributed by atoms with Crippen molar-refractivity contribution in [1.29, 1.82) is 0 Å². The Morgan fingerprint density at radius 1 is 1.25 bits per heavy atom. The first-order chi connectivity index (χ1) is 11.5. The number of quaternary nitrogens is 1. The summed E-state index contributed by atoms with van der Waals surface area (Å²) in [6.07, 6.45) is 0.818. The third kappa shape index (κ3) is 5.49. The molecule has 1 heterocycles. The van der Waals surface area contributed by atoms with Gasteiger partial charge in [-0.15, -0.1) is 0 Å². The minimum absolute atomic E-state index is 0.0457. The molecule has 2 rings (SSSR count). The molecule has 3 amide bonds. The highest BCUT2D eigenvalue weighted by atomic mass is 19.1. The van der Waals surface area contributed by atoms with E-state index in [4.69, 9.17) is 0 Å². The molecule has 1 aliphatic rings. The molecular weight excluding hydrogens is 311 g/mol. The van der Waals surface area contributed by atoms with Crippen molar-refractivity contribution in [3.05, 3.63) is 30.1 Å². The van der Waals surface area contributed by atoms with Crippen LogP contribution in [-0.2, 0) is 4.79 Å². The number of halogens is 1. The predicted octanol–water partition coefficient (Wildman–Crippen LogP) is 0.155. The summed E-state index contributed by atoms with van der Waals surface area (Å²) in [6, 6.07) is 6.07. The fourth-order valence-electron chi connectivity index (χ4n) is 2.67. The van der Waals surface area contributed by atoms with Crippen LogP contribution in [0.2, 0.25) is 0 Å². The molecule has 1 saturated heterocycles. The summed E-state index contributed by atoms with van der Waals surface area (Å²) < 4.78 is 13.0. The van der Waals surface area contributed by atoms with Crippen LogP contribution in [0.25, 0.3) is 0 Å². The Labute approximate surface area is 142 Å². The van der Waals surface area contributed by atoms with E-state index in [2.05, 4.69) is 15.5 Å². The van der Waals surface area contributed by atoms with Gasteiger partial charge in [0.2, 0.25) is 0 Å². The molecule has 132 valence electrons. The summed E-state index contributed by atoms with van der Waals surface area (Å²) in [5.74, 6) is -0.503. The van der Waals surface area contributed by atoms with Gasteiger partial charge in [0.25, 0.3) is 5.91 Å². The molecule has 6 nitrogen and oxygen atoms in total. The smallest absolute Gasteiger partial charge is 0.321 e. The van der Waals surface area contributed by atoms with E-state index in [-0.39, 0.29) is 24.3 Å². The first kappa shape index (κ1) is 18.2. The molecule has 1 aromatic carbocycles. The number of amides is 3. The van der Waals surface area contributed by atoms with E-state index in [1.165, 1.54) is 12.1 Å². The van der Waals surface area contributed by atoms with Crippen molar-refractivity contribution in [2.45, 2.75) is 26.3 Å². The van der Waals surface area contributed by atoms with Crippen LogP contribution in [0.3, 0.4) is 0 Å². The second-order valence-electron chi connectivity index (χ2n) is 6.22. The van der Waals surface area contributed by atoms with Crippen LogP contribution in [0.1, 0.15) is 20.3 Å². The fraction of sp³-hybridized carbons (Fsp3) is 0.529. The second-order valence-corrected chi connectivity index (χ2v) is 6.22. The van der Waals surface area contributed by atoms with E-state index >= 15 is 0 Å². The van der Waals surface area contributed by atoms with E-state index in [1.54, 1.807) is 12.1 Å². The van der Waals surface area contributed by atoms with Gasteiger partial charge in [-0.25, -0.2) is 9.18 Å². The van der Waals surface area contributed by atoms with Crippen LogP contribution in [0.5, 0.6) is 0 Å². The standard InChI is InChI=1S/C17H25FN4O2/c1-3-13(2)19-17(24)20-16(23)12-21-8-10-22(11-9-21)15-6-4-14(18)5-7-15/h4-7,13H,3,8-12H2,1-2H3,(H2,19,20,23,24)/p+1/t13-/m1/s1. The summed E-state index contributed by atoms with van der Waals surface area (Å²) in [6.45, 7) is 7.35. The number of hydrogen-bond acceptors (Lipinski definition) is 3. The maximum Gasteiger partial charge on any atom is 0.321 e. The van der Waals surface area contributed by atoms with Gasteiger partial charge in [0, 0.05) is 11.7 Å². The summed E-state index contributed by atoms with van der Waals surface area (Å²) in [7, 11) is 0. The number of hydrogen-bond donors (Lipinski definition) is 3. The summed E-state index contributed by atoms with van der Waals surface area (Å²) >= 11 is 0. The molecule has 0 saturated carbocycles. The summed E-state index contributed by atoms with van der Waals surface area (Å²) in [5.41, 5.74) is 0.993. The first-order valence-electron chi connectivity index (χ1n) is 8.42. The third-order valence-corrected chi connectivity index (χ3v) is 4.32. The van der Waals surface area contributed by atoms with Crippen LogP contribution in [0.15, 0.2) is 24.3 Å². The molecule has 0 aromatic heterocycles. The lowest BCUT2D eigenvalue weighted by atomic mass is 10.2. The van der Waals surface area contributed by atoms with Crippen molar-refractivity contribution < 1.29 is 18.9 Å². The minimum Gasteiger partial charge on any atom is -0.360 e. The van der Waals surface area contributed by atoms with Gasteiger partial charge < -0.3 is 15.1 Å². The number of carbonyl (C=O) groups is 2. The van der Waals surface area contributed by atoms with Gasteiger partial charge in [0.1, 0.15) is 5.82 Å². The van der Waals surface area contributed by atoms with Crippen molar-refractivity contribution in [2.24, 2.45) is 0 Å². The first-order valence-corrected chi connectivity index (χ1v) is 8.42. The number of imide groups is 1. The molecule has 0 spiro atoms. The number of benzene rings is 1. The lowest BCUT2D eigenvalue weighted by molar-refractivity contribution is -0.892. The van der Waals surface area contributed by atoms with Gasteiger partial charge in [-0.05, 0) is 37.6 Å². The van der Waals surface area contributed by atoms with E-state index in [1.807, 2.05) is 13.8 Å². The molecule has 0 bridgehead atoms. The van der Waals surface area contributed by atoms with Crippen molar-refractivity contribution in [3.63, 3.8) is 0 Å². The van der Waals surface area contributed by atoms with Crippen LogP contribution in [0.4, 0.5) is 14.9 Å². The van der Waals surface area contributed by atoms with E-state index in [9.17, 15) is 14.0 Å². The molecule has 1 fully saturated rings. The zero-order valence-corrected chi connectivity index (χ0v) is 14.3. The van der Waals surface area contributed by atoms with Crippen LogP contribution < -0.4 is 20.4 Å². The average Bonchev–Trinajstić information content (AvgIpc) is 2.56. The van der Waals surface area contributed by atoms with Crippen molar-refractivity contribution in [1.82, 2.24) is 10.6 Å².